The van der Waals surface area contributed by atoms with Crippen LogP contribution in [-0.4, -0.2) is 26.8 Å². The van der Waals surface area contributed by atoms with Gasteiger partial charge in [-0.3, -0.25) is 0 Å². The molecule has 0 bridgehead atoms. The quantitative estimate of drug-likeness (QED) is 0.826. The number of aryl methyl sites for hydroxylation is 1. The molecule has 0 aliphatic carbocycles. The van der Waals surface area contributed by atoms with Crippen LogP contribution in [0.4, 0.5) is 0 Å². The van der Waals surface area contributed by atoms with Gasteiger partial charge in [-0.05, 0) is 42.3 Å². The normalized spacial score (nSPS) is 12.5. The molecule has 0 aliphatic rings. The van der Waals surface area contributed by atoms with Gasteiger partial charge in [0.25, 0.3) is 0 Å². The smallest absolute Gasteiger partial charge is 0.165 e. The molecule has 2 aromatic rings. The maximum Gasteiger partial charge on any atom is 0.165 e. The molecule has 102 valence electrons. The maximum absolute atomic E-state index is 4.10. The lowest BCUT2D eigenvalue weighted by molar-refractivity contribution is 0.427. The van der Waals surface area contributed by atoms with Crippen LogP contribution in [0.1, 0.15) is 37.7 Å². The minimum absolute atomic E-state index is 0.309. The molecule has 1 aromatic heterocycles. The fraction of sp³-hybridized carbons (Fsp3) is 0.500. The topological polar surface area (TPSA) is 55.6 Å². The van der Waals surface area contributed by atoms with E-state index in [1.165, 1.54) is 5.56 Å². The van der Waals surface area contributed by atoms with E-state index in [9.17, 15) is 0 Å². The van der Waals surface area contributed by atoms with Crippen LogP contribution in [0, 0.1) is 0 Å². The SMILES string of the molecule is CCNCc1nnnn1C(C)CCc1ccccc1. The summed E-state index contributed by atoms with van der Waals surface area (Å²) in [4.78, 5) is 0. The Kier molecular flexibility index (Phi) is 5.03. The van der Waals surface area contributed by atoms with Crippen molar-refractivity contribution in [2.75, 3.05) is 6.54 Å². The minimum atomic E-state index is 0.309. The number of hydrogen-bond donors (Lipinski definition) is 1. The predicted octanol–water partition coefficient (Wildman–Crippen LogP) is 1.98. The zero-order chi connectivity index (χ0) is 13.5. The van der Waals surface area contributed by atoms with E-state index in [0.29, 0.717) is 6.04 Å². The molecule has 0 saturated carbocycles. The summed E-state index contributed by atoms with van der Waals surface area (Å²) >= 11 is 0. The van der Waals surface area contributed by atoms with Crippen LogP contribution in [0.25, 0.3) is 0 Å². The summed E-state index contributed by atoms with van der Waals surface area (Å²) in [5.74, 6) is 0.905. The highest BCUT2D eigenvalue weighted by Gasteiger charge is 2.12. The summed E-state index contributed by atoms with van der Waals surface area (Å²) in [7, 11) is 0. The first kappa shape index (κ1) is 13.7. The monoisotopic (exact) mass is 259 g/mol. The number of benzene rings is 1. The Morgan fingerprint density at radius 2 is 2.05 bits per heavy atom. The highest BCUT2D eigenvalue weighted by molar-refractivity contribution is 5.14. The molecular formula is C14H21N5. The van der Waals surface area contributed by atoms with Crippen molar-refractivity contribution in [3.63, 3.8) is 0 Å². The van der Waals surface area contributed by atoms with E-state index < -0.39 is 0 Å². The molecule has 1 unspecified atom stereocenters. The summed E-state index contributed by atoms with van der Waals surface area (Å²) in [5.41, 5.74) is 1.36. The van der Waals surface area contributed by atoms with Crippen LogP contribution in [-0.2, 0) is 13.0 Å². The minimum Gasteiger partial charge on any atom is -0.310 e. The molecule has 1 aromatic carbocycles. The number of nitrogens with one attached hydrogen (secondary N) is 1. The first-order valence-corrected chi connectivity index (χ1v) is 6.82. The molecule has 19 heavy (non-hydrogen) atoms. The number of hydrogen-bond acceptors (Lipinski definition) is 4. The Hall–Kier alpha value is -1.75. The first-order chi connectivity index (χ1) is 9.31. The van der Waals surface area contributed by atoms with Crippen molar-refractivity contribution in [2.45, 2.75) is 39.3 Å². The second-order valence-electron chi connectivity index (χ2n) is 4.69. The molecule has 0 aliphatic heterocycles. The van der Waals surface area contributed by atoms with Crippen molar-refractivity contribution in [3.05, 3.63) is 41.7 Å². The molecule has 5 heteroatoms. The Morgan fingerprint density at radius 1 is 1.26 bits per heavy atom. The molecule has 0 amide bonds. The third kappa shape index (κ3) is 3.86. The van der Waals surface area contributed by atoms with Gasteiger partial charge in [0.15, 0.2) is 5.82 Å². The summed E-state index contributed by atoms with van der Waals surface area (Å²) in [6.07, 6.45) is 2.08. The van der Waals surface area contributed by atoms with Gasteiger partial charge in [0.2, 0.25) is 0 Å². The molecular weight excluding hydrogens is 238 g/mol. The van der Waals surface area contributed by atoms with E-state index in [2.05, 4.69) is 59.0 Å². The fourth-order valence-corrected chi connectivity index (χ4v) is 2.05. The van der Waals surface area contributed by atoms with Gasteiger partial charge in [0, 0.05) is 0 Å². The molecule has 1 atom stereocenters. The predicted molar refractivity (Wildman–Crippen MR) is 74.7 cm³/mol. The molecule has 0 radical (unpaired) electrons. The Labute approximate surface area is 114 Å². The van der Waals surface area contributed by atoms with Gasteiger partial charge in [-0.2, -0.15) is 0 Å². The molecule has 0 saturated heterocycles. The van der Waals surface area contributed by atoms with Crippen LogP contribution < -0.4 is 5.32 Å². The maximum atomic E-state index is 4.10. The zero-order valence-corrected chi connectivity index (χ0v) is 11.6. The number of rotatable bonds is 7. The van der Waals surface area contributed by atoms with Crippen molar-refractivity contribution >= 4 is 0 Å². The third-order valence-electron chi connectivity index (χ3n) is 3.21. The molecule has 0 spiro atoms. The van der Waals surface area contributed by atoms with Gasteiger partial charge in [0.1, 0.15) is 0 Å². The fourth-order valence-electron chi connectivity index (χ4n) is 2.05. The second kappa shape index (κ2) is 6.99. The van der Waals surface area contributed by atoms with Crippen molar-refractivity contribution < 1.29 is 0 Å². The van der Waals surface area contributed by atoms with Gasteiger partial charge in [-0.15, -0.1) is 5.10 Å². The van der Waals surface area contributed by atoms with E-state index in [1.54, 1.807) is 0 Å². The van der Waals surface area contributed by atoms with Crippen LogP contribution in [0.3, 0.4) is 0 Å². The van der Waals surface area contributed by atoms with Gasteiger partial charge in [-0.25, -0.2) is 4.68 Å². The highest BCUT2D eigenvalue weighted by atomic mass is 15.6. The Bertz CT molecular complexity index is 480. The average Bonchev–Trinajstić information content (AvgIpc) is 2.92. The lowest BCUT2D eigenvalue weighted by atomic mass is 10.1. The molecule has 0 fully saturated rings. The van der Waals surface area contributed by atoms with Gasteiger partial charge >= 0.3 is 0 Å². The number of tetrazole rings is 1. The molecule has 2 rings (SSSR count). The van der Waals surface area contributed by atoms with Crippen LogP contribution in [0.5, 0.6) is 0 Å². The van der Waals surface area contributed by atoms with Crippen LogP contribution in [0.15, 0.2) is 30.3 Å². The van der Waals surface area contributed by atoms with Crippen molar-refractivity contribution in [1.29, 1.82) is 0 Å². The van der Waals surface area contributed by atoms with E-state index in [0.717, 1.165) is 31.8 Å². The second-order valence-corrected chi connectivity index (χ2v) is 4.69. The van der Waals surface area contributed by atoms with Crippen molar-refractivity contribution in [2.24, 2.45) is 0 Å². The summed E-state index contributed by atoms with van der Waals surface area (Å²) in [6, 6.07) is 10.8. The van der Waals surface area contributed by atoms with Crippen molar-refractivity contribution in [3.8, 4) is 0 Å². The largest absolute Gasteiger partial charge is 0.310 e. The standard InChI is InChI=1S/C14H21N5/c1-3-15-11-14-16-17-18-19(14)12(2)9-10-13-7-5-4-6-8-13/h4-8,12,15H,3,9-11H2,1-2H3. The number of nitrogens with zero attached hydrogens (tertiary/aromatic N) is 4. The lowest BCUT2D eigenvalue weighted by Crippen LogP contribution is -2.19. The van der Waals surface area contributed by atoms with Crippen LogP contribution in [0.2, 0.25) is 0 Å². The molecule has 5 nitrogen and oxygen atoms in total. The Morgan fingerprint density at radius 3 is 2.79 bits per heavy atom. The average molecular weight is 259 g/mol. The summed E-state index contributed by atoms with van der Waals surface area (Å²) in [6.45, 7) is 5.88. The van der Waals surface area contributed by atoms with E-state index in [1.807, 2.05) is 10.7 Å². The molecule has 1 N–H and O–H groups in total. The zero-order valence-electron chi connectivity index (χ0n) is 11.6. The van der Waals surface area contributed by atoms with Crippen LogP contribution >= 0.6 is 0 Å². The lowest BCUT2D eigenvalue weighted by Gasteiger charge is -2.13. The summed E-state index contributed by atoms with van der Waals surface area (Å²) in [5, 5.41) is 15.2. The summed E-state index contributed by atoms with van der Waals surface area (Å²) < 4.78 is 1.92. The van der Waals surface area contributed by atoms with Gasteiger partial charge in [0.05, 0.1) is 12.6 Å². The van der Waals surface area contributed by atoms with E-state index in [4.69, 9.17) is 0 Å². The first-order valence-electron chi connectivity index (χ1n) is 6.82. The van der Waals surface area contributed by atoms with Crippen molar-refractivity contribution in [1.82, 2.24) is 25.5 Å². The third-order valence-corrected chi connectivity index (χ3v) is 3.21. The Balaban J connectivity index is 1.92. The van der Waals surface area contributed by atoms with Gasteiger partial charge < -0.3 is 5.32 Å². The van der Waals surface area contributed by atoms with E-state index in [-0.39, 0.29) is 0 Å². The number of aromatic nitrogens is 4. The molecule has 1 heterocycles. The van der Waals surface area contributed by atoms with E-state index >= 15 is 0 Å². The highest BCUT2D eigenvalue weighted by Crippen LogP contribution is 2.14. The van der Waals surface area contributed by atoms with Gasteiger partial charge in [-0.1, -0.05) is 37.3 Å².